The Balaban J connectivity index is 1.32. The smallest absolute Gasteiger partial charge is 0.167 e. The Hall–Kier alpha value is -2.92. The number of nitrogens with zero attached hydrogens (tertiary/aromatic N) is 3. The van der Waals surface area contributed by atoms with Crippen LogP contribution in [0.2, 0.25) is 0 Å². The predicted molar refractivity (Wildman–Crippen MR) is 108 cm³/mol. The molecule has 7 nitrogen and oxygen atoms in total. The van der Waals surface area contributed by atoms with Gasteiger partial charge in [-0.15, -0.1) is 0 Å². The Kier molecular flexibility index (Phi) is 4.91. The van der Waals surface area contributed by atoms with Gasteiger partial charge in [-0.1, -0.05) is 17.0 Å². The second-order valence-corrected chi connectivity index (χ2v) is 7.92. The van der Waals surface area contributed by atoms with E-state index in [1.54, 1.807) is 30.0 Å². The van der Waals surface area contributed by atoms with Gasteiger partial charge in [0.15, 0.2) is 5.76 Å². The first-order chi connectivity index (χ1) is 14.7. The summed E-state index contributed by atoms with van der Waals surface area (Å²) in [5.74, 6) is 9.46. The van der Waals surface area contributed by atoms with Crippen molar-refractivity contribution in [2.75, 3.05) is 19.8 Å². The minimum absolute atomic E-state index is 0.190. The zero-order chi connectivity index (χ0) is 20.7. The lowest BCUT2D eigenvalue weighted by Gasteiger charge is -2.17. The Labute approximate surface area is 174 Å². The van der Waals surface area contributed by atoms with Gasteiger partial charge in [0.2, 0.25) is 0 Å². The number of aliphatic hydroxyl groups is 2. The first-order valence-corrected chi connectivity index (χ1v) is 10.1. The van der Waals surface area contributed by atoms with E-state index in [0.29, 0.717) is 35.0 Å². The average molecular weight is 405 g/mol. The Morgan fingerprint density at radius 3 is 2.70 bits per heavy atom. The third-order valence-corrected chi connectivity index (χ3v) is 5.96. The molecule has 2 fully saturated rings. The highest BCUT2D eigenvalue weighted by Gasteiger charge is 2.53. The lowest BCUT2D eigenvalue weighted by Crippen LogP contribution is -2.18. The van der Waals surface area contributed by atoms with Crippen LogP contribution in [0, 0.1) is 29.6 Å². The highest BCUT2D eigenvalue weighted by atomic mass is 16.5. The van der Waals surface area contributed by atoms with Crippen molar-refractivity contribution in [3.63, 3.8) is 0 Å². The monoisotopic (exact) mass is 405 g/mol. The summed E-state index contributed by atoms with van der Waals surface area (Å²) in [7, 11) is 0. The Bertz CT molecular complexity index is 1080. The quantitative estimate of drug-likeness (QED) is 0.633. The predicted octanol–water partition coefficient (Wildman–Crippen LogP) is 2.42. The maximum atomic E-state index is 9.91. The number of rotatable bonds is 5. The molecule has 2 unspecified atom stereocenters. The summed E-state index contributed by atoms with van der Waals surface area (Å²) in [6.07, 6.45) is 2.55. The third-order valence-electron chi connectivity index (χ3n) is 5.96. The number of aliphatic hydroxyl groups excluding tert-OH is 2. The molecule has 1 aliphatic heterocycles. The van der Waals surface area contributed by atoms with Crippen LogP contribution in [0.5, 0.6) is 0 Å². The Morgan fingerprint density at radius 1 is 1.23 bits per heavy atom. The van der Waals surface area contributed by atoms with Crippen LogP contribution in [0.4, 0.5) is 0 Å². The average Bonchev–Trinajstić information content (AvgIpc) is 3.29. The SMILES string of the molecule is C[C@H](O)c1nccn1[C@H](CO)c1cc(-c2ccc(C#CC3C4COCC34)cc2)on1. The van der Waals surface area contributed by atoms with Crippen molar-refractivity contribution < 1.29 is 19.5 Å². The van der Waals surface area contributed by atoms with Crippen molar-refractivity contribution in [1.29, 1.82) is 0 Å². The van der Waals surface area contributed by atoms with E-state index in [-0.39, 0.29) is 6.61 Å². The number of benzene rings is 1. The van der Waals surface area contributed by atoms with Gasteiger partial charge in [0.1, 0.15) is 23.7 Å². The fourth-order valence-corrected chi connectivity index (χ4v) is 4.16. The van der Waals surface area contributed by atoms with Gasteiger partial charge in [-0.3, -0.25) is 0 Å². The number of imidazole rings is 1. The molecule has 0 spiro atoms. The van der Waals surface area contributed by atoms with Gasteiger partial charge >= 0.3 is 0 Å². The van der Waals surface area contributed by atoms with E-state index in [4.69, 9.17) is 9.26 Å². The number of hydrogen-bond acceptors (Lipinski definition) is 6. The number of aromatic nitrogens is 3. The van der Waals surface area contributed by atoms with Crippen molar-refractivity contribution in [2.45, 2.75) is 19.1 Å². The first-order valence-electron chi connectivity index (χ1n) is 10.1. The second-order valence-electron chi connectivity index (χ2n) is 7.92. The van der Waals surface area contributed by atoms with Crippen LogP contribution in [0.3, 0.4) is 0 Å². The standard InChI is InChI=1S/C23H23N3O4/c1-14(28)23-24-8-9-26(23)21(11-27)20-10-22(30-25-20)16-5-2-15(3-6-16)4-7-17-18-12-29-13-19(17)18/h2-3,5-6,8-10,14,17-19,21,27-28H,11-13H2,1H3/t14-,17?,18?,19?,21+/m0/s1. The molecule has 154 valence electrons. The molecule has 0 amide bonds. The van der Waals surface area contributed by atoms with Crippen LogP contribution >= 0.6 is 0 Å². The summed E-state index contributed by atoms with van der Waals surface area (Å²) in [4.78, 5) is 4.16. The highest BCUT2D eigenvalue weighted by molar-refractivity contribution is 5.59. The summed E-state index contributed by atoms with van der Waals surface area (Å²) in [6.45, 7) is 3.15. The van der Waals surface area contributed by atoms with Crippen LogP contribution in [0.1, 0.15) is 36.2 Å². The molecule has 1 saturated carbocycles. The van der Waals surface area contributed by atoms with Crippen LogP contribution in [-0.4, -0.2) is 44.7 Å². The highest BCUT2D eigenvalue weighted by Crippen LogP contribution is 2.50. The summed E-state index contributed by atoms with van der Waals surface area (Å²) in [6, 6.07) is 9.18. The maximum Gasteiger partial charge on any atom is 0.167 e. The second kappa shape index (κ2) is 7.73. The maximum absolute atomic E-state index is 9.91. The van der Waals surface area contributed by atoms with Crippen LogP contribution in [0.25, 0.3) is 11.3 Å². The van der Waals surface area contributed by atoms with Gasteiger partial charge in [0.25, 0.3) is 0 Å². The molecule has 0 radical (unpaired) electrons. The lowest BCUT2D eigenvalue weighted by molar-refractivity contribution is 0.158. The zero-order valence-electron chi connectivity index (χ0n) is 16.6. The molecule has 2 N–H and O–H groups in total. The van der Waals surface area contributed by atoms with Gasteiger partial charge < -0.3 is 24.0 Å². The van der Waals surface area contributed by atoms with Crippen LogP contribution < -0.4 is 0 Å². The molecule has 1 saturated heterocycles. The third kappa shape index (κ3) is 3.43. The normalized spacial score (nSPS) is 24.0. The van der Waals surface area contributed by atoms with E-state index in [1.807, 2.05) is 24.3 Å². The van der Waals surface area contributed by atoms with Gasteiger partial charge in [0.05, 0.1) is 19.8 Å². The van der Waals surface area contributed by atoms with Crippen LogP contribution in [-0.2, 0) is 4.74 Å². The summed E-state index contributed by atoms with van der Waals surface area (Å²) in [5, 5.41) is 23.9. The zero-order valence-corrected chi connectivity index (χ0v) is 16.6. The van der Waals surface area contributed by atoms with Crippen molar-refractivity contribution in [1.82, 2.24) is 14.7 Å². The topological polar surface area (TPSA) is 93.5 Å². The fraction of sp³-hybridized carbons (Fsp3) is 0.391. The molecular weight excluding hydrogens is 382 g/mol. The molecule has 2 aromatic heterocycles. The molecule has 3 heterocycles. The van der Waals surface area contributed by atoms with Crippen molar-refractivity contribution in [2.24, 2.45) is 17.8 Å². The lowest BCUT2D eigenvalue weighted by atomic mass is 10.1. The molecule has 1 aromatic carbocycles. The molecule has 3 aromatic rings. The largest absolute Gasteiger partial charge is 0.394 e. The summed E-state index contributed by atoms with van der Waals surface area (Å²) >= 11 is 0. The van der Waals surface area contributed by atoms with E-state index >= 15 is 0 Å². The van der Waals surface area contributed by atoms with Gasteiger partial charge in [-0.05, 0) is 31.2 Å². The number of fused-ring (bicyclic) bond motifs is 1. The number of hydrogen-bond donors (Lipinski definition) is 2. The van der Waals surface area contributed by atoms with Crippen molar-refractivity contribution >= 4 is 0 Å². The molecule has 2 aliphatic rings. The molecule has 1 aliphatic carbocycles. The van der Waals surface area contributed by atoms with E-state index < -0.39 is 12.1 Å². The van der Waals surface area contributed by atoms with E-state index in [1.165, 1.54) is 0 Å². The van der Waals surface area contributed by atoms with Crippen molar-refractivity contribution in [3.05, 3.63) is 59.8 Å². The van der Waals surface area contributed by atoms with E-state index in [0.717, 1.165) is 24.3 Å². The summed E-state index contributed by atoms with van der Waals surface area (Å²) in [5.41, 5.74) is 2.42. The molecule has 30 heavy (non-hydrogen) atoms. The van der Waals surface area contributed by atoms with Crippen LogP contribution in [0.15, 0.2) is 47.2 Å². The van der Waals surface area contributed by atoms with E-state index in [9.17, 15) is 10.2 Å². The minimum atomic E-state index is -0.753. The molecular formula is C23H23N3O4. The molecule has 0 bridgehead atoms. The minimum Gasteiger partial charge on any atom is -0.394 e. The Morgan fingerprint density at radius 2 is 2.00 bits per heavy atom. The molecule has 7 heteroatoms. The van der Waals surface area contributed by atoms with Gasteiger partial charge in [-0.2, -0.15) is 0 Å². The number of ether oxygens (including phenoxy) is 1. The van der Waals surface area contributed by atoms with Gasteiger partial charge in [0, 0.05) is 47.3 Å². The van der Waals surface area contributed by atoms with E-state index in [2.05, 4.69) is 22.0 Å². The summed E-state index contributed by atoms with van der Waals surface area (Å²) < 4.78 is 12.6. The van der Waals surface area contributed by atoms with Crippen molar-refractivity contribution in [3.8, 4) is 23.2 Å². The first kappa shape index (κ1) is 19.1. The fourth-order valence-electron chi connectivity index (χ4n) is 4.16. The molecule has 5 rings (SSSR count). The molecule has 4 atom stereocenters. The van der Waals surface area contributed by atoms with Gasteiger partial charge in [-0.25, -0.2) is 4.98 Å².